The van der Waals surface area contributed by atoms with Crippen LogP contribution >= 0.6 is 0 Å². The highest BCUT2D eigenvalue weighted by atomic mass is 19.1. The number of carbonyl (C=O) groups excluding carboxylic acids is 2. The Balaban J connectivity index is 1.39. The first-order valence-corrected chi connectivity index (χ1v) is 13.5. The molecule has 0 radical (unpaired) electrons. The highest BCUT2D eigenvalue weighted by Gasteiger charge is 2.43. The van der Waals surface area contributed by atoms with E-state index in [2.05, 4.69) is 15.3 Å². The van der Waals surface area contributed by atoms with Crippen LogP contribution in [0.5, 0.6) is 0 Å². The van der Waals surface area contributed by atoms with Gasteiger partial charge >= 0.3 is 0 Å². The van der Waals surface area contributed by atoms with Crippen LogP contribution in [-0.4, -0.2) is 55.1 Å². The zero-order valence-electron chi connectivity index (χ0n) is 22.7. The summed E-state index contributed by atoms with van der Waals surface area (Å²) < 4.78 is 45.0. The largest absolute Gasteiger partial charge is 0.390 e. The number of aliphatic hydroxyl groups excluding tert-OH is 1. The topological polar surface area (TPSA) is 116 Å². The van der Waals surface area contributed by atoms with Crippen molar-refractivity contribution in [1.29, 1.82) is 0 Å². The van der Waals surface area contributed by atoms with Crippen molar-refractivity contribution in [2.24, 2.45) is 5.92 Å². The molecule has 3 heterocycles. The van der Waals surface area contributed by atoms with Crippen molar-refractivity contribution in [2.75, 3.05) is 11.9 Å². The first kappa shape index (κ1) is 28.7. The predicted molar refractivity (Wildman–Crippen MR) is 144 cm³/mol. The van der Waals surface area contributed by atoms with Crippen LogP contribution in [0.25, 0.3) is 11.3 Å². The van der Waals surface area contributed by atoms with Gasteiger partial charge in [-0.3, -0.25) is 14.6 Å². The molecule has 1 saturated carbocycles. The molecule has 216 valence electrons. The molecule has 0 spiro atoms. The number of amides is 2. The minimum Gasteiger partial charge on any atom is -0.390 e. The van der Waals surface area contributed by atoms with Gasteiger partial charge < -0.3 is 20.4 Å². The molecule has 41 heavy (non-hydrogen) atoms. The SMILES string of the molecule is C[C@H]1C[C@@H](c2ccncc2NC(=O)c2ccc(F)c(-c3c(F)cc(CN4CCCC4=O)cc3F)n2)C[C@@H](O)[C@]1(C)O. The maximum absolute atomic E-state index is 15.1. The maximum atomic E-state index is 15.1. The second kappa shape index (κ2) is 11.2. The first-order chi connectivity index (χ1) is 19.5. The molecule has 1 aromatic carbocycles. The van der Waals surface area contributed by atoms with E-state index in [1.54, 1.807) is 19.2 Å². The van der Waals surface area contributed by atoms with Crippen molar-refractivity contribution in [3.63, 3.8) is 0 Å². The van der Waals surface area contributed by atoms with Crippen molar-refractivity contribution in [1.82, 2.24) is 14.9 Å². The molecule has 2 aliphatic rings. The Morgan fingerprint density at radius 2 is 1.88 bits per heavy atom. The Morgan fingerprint density at radius 3 is 2.54 bits per heavy atom. The Bertz CT molecular complexity index is 1460. The average Bonchev–Trinajstić information content (AvgIpc) is 3.32. The predicted octanol–water partition coefficient (Wildman–Crippen LogP) is 4.56. The fraction of sp³-hybridized carbons (Fsp3) is 0.400. The van der Waals surface area contributed by atoms with Gasteiger partial charge in [-0.1, -0.05) is 6.92 Å². The zero-order valence-corrected chi connectivity index (χ0v) is 22.7. The van der Waals surface area contributed by atoms with E-state index in [0.29, 0.717) is 37.1 Å². The number of anilines is 1. The molecule has 2 amide bonds. The number of halogens is 3. The monoisotopic (exact) mass is 568 g/mol. The molecule has 4 atom stereocenters. The van der Waals surface area contributed by atoms with E-state index in [4.69, 9.17) is 0 Å². The summed E-state index contributed by atoms with van der Waals surface area (Å²) in [6.45, 7) is 3.97. The molecule has 1 aliphatic carbocycles. The molecule has 0 unspecified atom stereocenters. The van der Waals surface area contributed by atoms with Crippen molar-refractivity contribution < 1.29 is 33.0 Å². The van der Waals surface area contributed by atoms with E-state index >= 15 is 8.78 Å². The average molecular weight is 569 g/mol. The summed E-state index contributed by atoms with van der Waals surface area (Å²) in [6.07, 6.45) is 3.90. The Kier molecular flexibility index (Phi) is 7.85. The molecule has 5 rings (SSSR count). The van der Waals surface area contributed by atoms with Gasteiger partial charge in [0.2, 0.25) is 5.91 Å². The molecular formula is C30H31F3N4O4. The third kappa shape index (κ3) is 5.69. The molecule has 8 nitrogen and oxygen atoms in total. The number of pyridine rings is 2. The summed E-state index contributed by atoms with van der Waals surface area (Å²) in [5.74, 6) is -4.40. The number of likely N-dealkylation sites (tertiary alicyclic amines) is 1. The molecule has 2 aromatic heterocycles. The van der Waals surface area contributed by atoms with Gasteiger partial charge in [-0.2, -0.15) is 0 Å². The normalized spacial score (nSPS) is 24.5. The number of carbonyl (C=O) groups is 2. The van der Waals surface area contributed by atoms with Crippen LogP contribution in [0.15, 0.2) is 42.7 Å². The lowest BCUT2D eigenvalue weighted by Gasteiger charge is -2.43. The van der Waals surface area contributed by atoms with Crippen LogP contribution in [0, 0.1) is 23.4 Å². The minimum absolute atomic E-state index is 0.0348. The summed E-state index contributed by atoms with van der Waals surface area (Å²) in [7, 11) is 0. The highest BCUT2D eigenvalue weighted by molar-refractivity contribution is 6.03. The molecule has 1 aliphatic heterocycles. The van der Waals surface area contributed by atoms with Crippen molar-refractivity contribution in [2.45, 2.75) is 63.7 Å². The first-order valence-electron chi connectivity index (χ1n) is 13.5. The smallest absolute Gasteiger partial charge is 0.274 e. The van der Waals surface area contributed by atoms with Gasteiger partial charge in [0, 0.05) is 25.7 Å². The summed E-state index contributed by atoms with van der Waals surface area (Å²) in [4.78, 5) is 34.6. The van der Waals surface area contributed by atoms with Crippen LogP contribution in [-0.2, 0) is 11.3 Å². The summed E-state index contributed by atoms with van der Waals surface area (Å²) in [5.41, 5.74) is -1.63. The number of benzene rings is 1. The van der Waals surface area contributed by atoms with Crippen LogP contribution in [0.3, 0.4) is 0 Å². The molecule has 3 aromatic rings. The quantitative estimate of drug-likeness (QED) is 0.402. The van der Waals surface area contributed by atoms with E-state index in [0.717, 1.165) is 24.3 Å². The lowest BCUT2D eigenvalue weighted by atomic mass is 9.69. The number of rotatable bonds is 6. The molecule has 3 N–H and O–H groups in total. The fourth-order valence-electron chi connectivity index (χ4n) is 5.68. The van der Waals surface area contributed by atoms with E-state index in [9.17, 15) is 24.2 Å². The zero-order chi connectivity index (χ0) is 29.5. The number of nitrogens with zero attached hydrogens (tertiary/aromatic N) is 3. The number of aliphatic hydroxyl groups is 2. The third-order valence-electron chi connectivity index (χ3n) is 8.32. The molecule has 1 saturated heterocycles. The maximum Gasteiger partial charge on any atom is 0.274 e. The van der Waals surface area contributed by atoms with Crippen molar-refractivity contribution >= 4 is 17.5 Å². The summed E-state index contributed by atoms with van der Waals surface area (Å²) >= 11 is 0. The molecule has 0 bridgehead atoms. The van der Waals surface area contributed by atoms with Gasteiger partial charge in [0.1, 0.15) is 28.8 Å². The van der Waals surface area contributed by atoms with E-state index < -0.39 is 46.3 Å². The number of hydrogen-bond donors (Lipinski definition) is 3. The second-order valence-electron chi connectivity index (χ2n) is 11.1. The van der Waals surface area contributed by atoms with Gasteiger partial charge in [0.05, 0.1) is 29.2 Å². The standard InChI is InChI=1S/C30H31F3N4O4/c1-16-10-18(13-25(38)30(16,2)41)19-7-8-34-14-24(19)36-29(40)23-6-5-20(31)28(35-23)27-21(32)11-17(12-22(27)33)15-37-9-3-4-26(37)39/h5-8,11-12,14,16,18,25,38,41H,3-4,9-10,13,15H2,1-2H3,(H,36,40)/t16-,18+,25+,30+/m0/s1. The Hall–Kier alpha value is -3.83. The van der Waals surface area contributed by atoms with Crippen LogP contribution in [0.2, 0.25) is 0 Å². The van der Waals surface area contributed by atoms with E-state index in [-0.39, 0.29) is 42.0 Å². The highest BCUT2D eigenvalue weighted by Crippen LogP contribution is 2.43. The summed E-state index contributed by atoms with van der Waals surface area (Å²) in [5, 5.41) is 23.8. The van der Waals surface area contributed by atoms with Gasteiger partial charge in [-0.05, 0) is 79.5 Å². The lowest BCUT2D eigenvalue weighted by Crippen LogP contribution is -2.49. The van der Waals surface area contributed by atoms with Gasteiger partial charge in [-0.25, -0.2) is 18.2 Å². The Morgan fingerprint density at radius 1 is 1.15 bits per heavy atom. The van der Waals surface area contributed by atoms with Crippen molar-refractivity contribution in [3.8, 4) is 11.3 Å². The fourth-order valence-corrected chi connectivity index (χ4v) is 5.68. The van der Waals surface area contributed by atoms with E-state index in [1.807, 2.05) is 6.92 Å². The van der Waals surface area contributed by atoms with Crippen LogP contribution in [0.4, 0.5) is 18.9 Å². The number of hydrogen-bond acceptors (Lipinski definition) is 6. The van der Waals surface area contributed by atoms with Crippen molar-refractivity contribution in [3.05, 3.63) is 77.0 Å². The summed E-state index contributed by atoms with van der Waals surface area (Å²) in [6, 6.07) is 5.81. The third-order valence-corrected chi connectivity index (χ3v) is 8.32. The van der Waals surface area contributed by atoms with Crippen LogP contribution < -0.4 is 5.32 Å². The van der Waals surface area contributed by atoms with E-state index in [1.165, 1.54) is 11.1 Å². The van der Waals surface area contributed by atoms with Gasteiger partial charge in [0.25, 0.3) is 5.91 Å². The number of aromatic nitrogens is 2. The second-order valence-corrected chi connectivity index (χ2v) is 11.1. The van der Waals surface area contributed by atoms with Gasteiger partial charge in [-0.15, -0.1) is 0 Å². The minimum atomic E-state index is -1.24. The molecule has 2 fully saturated rings. The molecule has 11 heteroatoms. The lowest BCUT2D eigenvalue weighted by molar-refractivity contribution is -0.128. The van der Waals surface area contributed by atoms with Crippen LogP contribution in [0.1, 0.15) is 67.1 Å². The Labute approximate surface area is 235 Å². The van der Waals surface area contributed by atoms with Gasteiger partial charge in [0.15, 0.2) is 0 Å². The molecular weight excluding hydrogens is 537 g/mol. The number of nitrogens with one attached hydrogen (secondary N) is 1.